The van der Waals surface area contributed by atoms with Crippen molar-refractivity contribution in [3.05, 3.63) is 10.6 Å². The van der Waals surface area contributed by atoms with Gasteiger partial charge in [-0.05, 0) is 0 Å². The van der Waals surface area contributed by atoms with Crippen molar-refractivity contribution in [1.82, 2.24) is 5.32 Å². The van der Waals surface area contributed by atoms with Gasteiger partial charge < -0.3 is 0 Å². The van der Waals surface area contributed by atoms with E-state index < -0.39 is 0 Å². The molecule has 1 atom stereocenters. The van der Waals surface area contributed by atoms with Crippen LogP contribution >= 0.6 is 30.4 Å². The Bertz CT molecular complexity index is 292. The third-order valence-corrected chi connectivity index (χ3v) is 11.0. The first-order valence-electron chi connectivity index (χ1n) is 4.13. The molecule has 1 unspecified atom stereocenters. The summed E-state index contributed by atoms with van der Waals surface area (Å²) in [7, 11) is 0. The molecule has 0 aliphatic carbocycles. The molecule has 13 heavy (non-hydrogen) atoms. The Hall–Kier alpha value is 1.02. The molecule has 2 heterocycles. The number of amides is 1. The molecule has 2 aliphatic rings. The van der Waals surface area contributed by atoms with Crippen molar-refractivity contribution >= 4 is 36.3 Å². The van der Waals surface area contributed by atoms with Crippen LogP contribution in [-0.2, 0) is 4.79 Å². The number of hydrogen-bond acceptors (Lipinski definition) is 2. The van der Waals surface area contributed by atoms with Crippen LogP contribution in [0.4, 0.5) is 0 Å². The normalized spacial score (nSPS) is 33.5. The zero-order valence-corrected chi connectivity index (χ0v) is 12.3. The molecule has 1 N–H and O–H groups in total. The summed E-state index contributed by atoms with van der Waals surface area (Å²) >= 11 is 4.15. The summed E-state index contributed by atoms with van der Waals surface area (Å²) in [5, 5.41) is 4.20. The van der Waals surface area contributed by atoms with E-state index >= 15 is 0 Å². The van der Waals surface area contributed by atoms with Crippen LogP contribution < -0.4 is 22.5 Å². The number of alkyl halides is 1. The molecule has 2 aliphatic heterocycles. The van der Waals surface area contributed by atoms with Crippen molar-refractivity contribution < 1.29 is 22.0 Å². The van der Waals surface area contributed by atoms with E-state index in [0.29, 0.717) is 0 Å². The predicted octanol–water partition coefficient (Wildman–Crippen LogP) is -0.948. The van der Waals surface area contributed by atoms with Gasteiger partial charge in [-0.1, -0.05) is 0 Å². The maximum atomic E-state index is 11.8. The summed E-state index contributed by atoms with van der Waals surface area (Å²) in [5.41, 5.74) is 1.40. The van der Waals surface area contributed by atoms with E-state index in [-0.39, 0.29) is 26.6 Å². The van der Waals surface area contributed by atoms with E-state index in [0.717, 1.165) is 12.2 Å². The van der Waals surface area contributed by atoms with Crippen LogP contribution in [0.5, 0.6) is 0 Å². The molecular formula is C8H10I2NOS-. The molecule has 2 nitrogen and oxygen atoms in total. The van der Waals surface area contributed by atoms with Gasteiger partial charge in [0, 0.05) is 0 Å². The molecule has 0 radical (unpaired) electrons. The fourth-order valence-electron chi connectivity index (χ4n) is 1.62. The average molecular weight is 422 g/mol. The number of thioether (sulfide) groups is 1. The summed E-state index contributed by atoms with van der Waals surface area (Å²) in [5.74, 6) is 1.41. The van der Waals surface area contributed by atoms with Crippen LogP contribution in [0, 0.1) is 0 Å². The van der Waals surface area contributed by atoms with Crippen molar-refractivity contribution in [2.45, 2.75) is 23.2 Å². The first-order valence-corrected chi connectivity index (χ1v) is 12.5. The van der Waals surface area contributed by atoms with Crippen molar-refractivity contribution in [3.8, 4) is 0 Å². The van der Waals surface area contributed by atoms with E-state index in [9.17, 15) is 4.79 Å². The molecule has 0 saturated carbocycles. The Kier molecular flexibility index (Phi) is 3.14. The second-order valence-electron chi connectivity index (χ2n) is 3.29. The fraction of sp³-hybridized carbons (Fsp3) is 0.625. The van der Waals surface area contributed by atoms with Crippen LogP contribution in [0.3, 0.4) is 0 Å². The summed E-state index contributed by atoms with van der Waals surface area (Å²) in [6, 6.07) is 0. The number of carbonyl (C=O) groups excluding carboxylic acids is 1. The van der Waals surface area contributed by atoms with E-state index in [1.54, 1.807) is 0 Å². The van der Waals surface area contributed by atoms with Gasteiger partial charge >= 0.3 is 103 Å². The van der Waals surface area contributed by atoms with Gasteiger partial charge in [0.15, 0.2) is 0 Å². The van der Waals surface area contributed by atoms with E-state index in [2.05, 4.69) is 30.9 Å². The van der Waals surface area contributed by atoms with E-state index in [1.165, 1.54) is 17.0 Å². The third-order valence-electron chi connectivity index (χ3n) is 2.45. The number of hydrogen-bond donors (Lipinski definition) is 1. The molecule has 0 bridgehead atoms. The number of rotatable bonds is 1. The first-order chi connectivity index (χ1) is 6.18. The number of halogens is 2. The molecule has 0 aromatic carbocycles. The van der Waals surface area contributed by atoms with Gasteiger partial charge in [0.1, 0.15) is 0 Å². The van der Waals surface area contributed by atoms with E-state index in [1.807, 2.05) is 11.8 Å². The van der Waals surface area contributed by atoms with E-state index in [4.69, 9.17) is 0 Å². The van der Waals surface area contributed by atoms with Crippen molar-refractivity contribution in [2.24, 2.45) is 0 Å². The zero-order chi connectivity index (χ0) is 9.47. The number of nitrogens with one attached hydrogen (secondary N) is 1. The van der Waals surface area contributed by atoms with Gasteiger partial charge in [-0.15, -0.1) is 0 Å². The Morgan fingerprint density at radius 2 is 2.46 bits per heavy atom. The molecule has 1 amide bonds. The minimum atomic E-state index is -0.109. The number of carbonyl (C=O) groups is 1. The minimum absolute atomic E-state index is 0.0792. The molecule has 0 saturated heterocycles. The zero-order valence-electron chi connectivity index (χ0n) is 7.19. The Balaban J connectivity index is 2.37. The molecule has 0 aromatic rings. The summed E-state index contributed by atoms with van der Waals surface area (Å²) in [6.07, 6.45) is 2.36. The predicted molar refractivity (Wildman–Crippen MR) is 59.3 cm³/mol. The van der Waals surface area contributed by atoms with Gasteiger partial charge in [-0.2, -0.15) is 0 Å². The standard InChI is InChI=1S/C8H10I2NOS/c1-8(10-9)5-3-2-4-13-6(5)11-7(8)12/h2-4H2,1H3,(H,11,12)/q-1. The Labute approximate surface area is 102 Å². The Morgan fingerprint density at radius 1 is 1.69 bits per heavy atom. The Morgan fingerprint density at radius 3 is 3.15 bits per heavy atom. The summed E-state index contributed by atoms with van der Waals surface area (Å²) in [4.78, 5) is 11.8. The van der Waals surface area contributed by atoms with Crippen molar-refractivity contribution in [1.29, 1.82) is 0 Å². The van der Waals surface area contributed by atoms with Crippen LogP contribution in [0.15, 0.2) is 10.6 Å². The van der Waals surface area contributed by atoms with Gasteiger partial charge in [0.2, 0.25) is 0 Å². The van der Waals surface area contributed by atoms with Crippen molar-refractivity contribution in [3.63, 3.8) is 0 Å². The van der Waals surface area contributed by atoms with Crippen LogP contribution in [0.25, 0.3) is 0 Å². The van der Waals surface area contributed by atoms with Crippen LogP contribution in [0.1, 0.15) is 19.8 Å². The molecule has 74 valence electrons. The van der Waals surface area contributed by atoms with Gasteiger partial charge in [-0.3, -0.25) is 0 Å². The topological polar surface area (TPSA) is 29.1 Å². The molecule has 2 rings (SSSR count). The second-order valence-corrected chi connectivity index (χ2v) is 9.69. The van der Waals surface area contributed by atoms with Crippen molar-refractivity contribution in [2.75, 3.05) is 5.75 Å². The molecule has 0 spiro atoms. The quantitative estimate of drug-likeness (QED) is 0.437. The van der Waals surface area contributed by atoms with Crippen LogP contribution in [0.2, 0.25) is 0 Å². The fourth-order valence-corrected chi connectivity index (χ4v) is 6.94. The first kappa shape index (κ1) is 10.5. The summed E-state index contributed by atoms with van der Waals surface area (Å²) < 4.78 is -0.109. The third kappa shape index (κ3) is 1.64. The molecule has 5 heteroatoms. The summed E-state index contributed by atoms with van der Waals surface area (Å²) in [6.45, 7) is 2.11. The second kappa shape index (κ2) is 3.88. The molecule has 0 aromatic heterocycles. The monoisotopic (exact) mass is 422 g/mol. The van der Waals surface area contributed by atoms with Gasteiger partial charge in [-0.25, -0.2) is 0 Å². The maximum absolute atomic E-state index is 11.8. The average Bonchev–Trinajstić information content (AvgIpc) is 2.41. The van der Waals surface area contributed by atoms with Gasteiger partial charge in [0.25, 0.3) is 0 Å². The molecular weight excluding hydrogens is 412 g/mol. The SMILES string of the molecule is CC1([I-]I)C(=O)NC2=C1CCCS2. The van der Waals surface area contributed by atoms with Gasteiger partial charge in [0.05, 0.1) is 0 Å². The molecule has 0 fully saturated rings. The van der Waals surface area contributed by atoms with Crippen LogP contribution in [-0.4, -0.2) is 15.1 Å².